The Labute approximate surface area is 226 Å². The Hall–Kier alpha value is -5.23. The summed E-state index contributed by atoms with van der Waals surface area (Å²) in [6.07, 6.45) is 1.50. The molecule has 5 aromatic rings. The summed E-state index contributed by atoms with van der Waals surface area (Å²) in [5.41, 5.74) is 6.05. The van der Waals surface area contributed by atoms with Gasteiger partial charge in [0.05, 0.1) is 11.8 Å². The fraction of sp³-hybridized carbons (Fsp3) is 0.0606. The van der Waals surface area contributed by atoms with Gasteiger partial charge in [0.1, 0.15) is 18.1 Å². The van der Waals surface area contributed by atoms with Crippen molar-refractivity contribution in [3.05, 3.63) is 143 Å². The van der Waals surface area contributed by atoms with E-state index in [1.54, 1.807) is 42.5 Å². The Morgan fingerprint density at radius 1 is 0.795 bits per heavy atom. The maximum absolute atomic E-state index is 12.8. The van der Waals surface area contributed by atoms with Crippen molar-refractivity contribution in [1.82, 2.24) is 5.43 Å². The molecule has 0 heterocycles. The number of hydrogen-bond donors (Lipinski definition) is 1. The second-order valence-electron chi connectivity index (χ2n) is 8.96. The maximum atomic E-state index is 12.8. The molecule has 0 spiro atoms. The minimum Gasteiger partial charge on any atom is -0.489 e. The summed E-state index contributed by atoms with van der Waals surface area (Å²) in [6, 6.07) is 35.2. The maximum Gasteiger partial charge on any atom is 0.343 e. The van der Waals surface area contributed by atoms with Gasteiger partial charge in [0.25, 0.3) is 5.91 Å². The molecule has 1 N–H and O–H groups in total. The van der Waals surface area contributed by atoms with Crippen LogP contribution < -0.4 is 14.9 Å². The summed E-state index contributed by atoms with van der Waals surface area (Å²) in [4.78, 5) is 25.5. The van der Waals surface area contributed by atoms with Crippen LogP contribution in [0.5, 0.6) is 11.5 Å². The first kappa shape index (κ1) is 25.4. The van der Waals surface area contributed by atoms with E-state index in [1.165, 1.54) is 6.21 Å². The number of rotatable bonds is 8. The molecule has 0 saturated carbocycles. The van der Waals surface area contributed by atoms with Crippen LogP contribution in [0.2, 0.25) is 0 Å². The number of esters is 1. The van der Waals surface area contributed by atoms with Gasteiger partial charge in [-0.25, -0.2) is 10.2 Å². The minimum atomic E-state index is -0.470. The zero-order valence-corrected chi connectivity index (χ0v) is 21.3. The standard InChI is InChI=1S/C33H26N2O4/c1-23-8-7-12-27(20-23)33(37)39-31-19-16-25-11-5-6-13-29(25)30(31)21-34-35-32(36)26-14-17-28(18-15-26)38-22-24-9-3-2-4-10-24/h2-21H,22H2,1H3,(H,35,36)/b34-21+. The van der Waals surface area contributed by atoms with Crippen LogP contribution in [-0.4, -0.2) is 18.1 Å². The average molecular weight is 515 g/mol. The second-order valence-corrected chi connectivity index (χ2v) is 8.96. The molecule has 0 aliphatic carbocycles. The largest absolute Gasteiger partial charge is 0.489 e. The zero-order chi connectivity index (χ0) is 27.0. The van der Waals surface area contributed by atoms with Gasteiger partial charge >= 0.3 is 5.97 Å². The van der Waals surface area contributed by atoms with Crippen molar-refractivity contribution < 1.29 is 19.1 Å². The number of fused-ring (bicyclic) bond motifs is 1. The first-order chi connectivity index (χ1) is 19.1. The third kappa shape index (κ3) is 6.37. The lowest BCUT2D eigenvalue weighted by Crippen LogP contribution is -2.17. The van der Waals surface area contributed by atoms with E-state index in [1.807, 2.05) is 79.7 Å². The van der Waals surface area contributed by atoms with Crippen molar-refractivity contribution in [2.45, 2.75) is 13.5 Å². The molecule has 0 aliphatic rings. The smallest absolute Gasteiger partial charge is 0.343 e. The molecule has 192 valence electrons. The summed E-state index contributed by atoms with van der Waals surface area (Å²) < 4.78 is 11.5. The van der Waals surface area contributed by atoms with Gasteiger partial charge in [-0.15, -0.1) is 0 Å². The van der Waals surface area contributed by atoms with E-state index >= 15 is 0 Å². The lowest BCUT2D eigenvalue weighted by atomic mass is 10.0. The average Bonchev–Trinajstić information content (AvgIpc) is 2.97. The number of nitrogens with one attached hydrogen (secondary N) is 1. The van der Waals surface area contributed by atoms with E-state index < -0.39 is 5.97 Å². The molecule has 0 radical (unpaired) electrons. The predicted molar refractivity (Wildman–Crippen MR) is 152 cm³/mol. The van der Waals surface area contributed by atoms with Crippen LogP contribution in [0.15, 0.2) is 120 Å². The SMILES string of the molecule is Cc1cccc(C(=O)Oc2ccc3ccccc3c2/C=N/NC(=O)c2ccc(OCc3ccccc3)cc2)c1. The number of benzene rings is 5. The van der Waals surface area contributed by atoms with Crippen LogP contribution in [0.25, 0.3) is 10.8 Å². The topological polar surface area (TPSA) is 77.0 Å². The van der Waals surface area contributed by atoms with E-state index in [9.17, 15) is 9.59 Å². The molecule has 5 rings (SSSR count). The molecular formula is C33H26N2O4. The van der Waals surface area contributed by atoms with Crippen molar-refractivity contribution in [1.29, 1.82) is 0 Å². The Balaban J connectivity index is 1.29. The second kappa shape index (κ2) is 11.9. The highest BCUT2D eigenvalue weighted by molar-refractivity contribution is 6.04. The monoisotopic (exact) mass is 514 g/mol. The fourth-order valence-electron chi connectivity index (χ4n) is 4.09. The summed E-state index contributed by atoms with van der Waals surface area (Å²) >= 11 is 0. The van der Waals surface area contributed by atoms with Gasteiger partial charge in [-0.1, -0.05) is 78.4 Å². The van der Waals surface area contributed by atoms with Crippen LogP contribution in [0.1, 0.15) is 37.4 Å². The summed E-state index contributed by atoms with van der Waals surface area (Å²) in [6.45, 7) is 2.36. The molecule has 6 heteroatoms. The van der Waals surface area contributed by atoms with Crippen molar-refractivity contribution >= 4 is 28.9 Å². The summed E-state index contributed by atoms with van der Waals surface area (Å²) in [7, 11) is 0. The number of carbonyl (C=O) groups excluding carboxylic acids is 2. The number of hydrazone groups is 1. The number of hydrogen-bond acceptors (Lipinski definition) is 5. The molecule has 1 amide bonds. The van der Waals surface area contributed by atoms with E-state index in [2.05, 4.69) is 10.5 Å². The quantitative estimate of drug-likeness (QED) is 0.108. The summed E-state index contributed by atoms with van der Waals surface area (Å²) in [5, 5.41) is 5.96. The molecule has 6 nitrogen and oxygen atoms in total. The molecular weight excluding hydrogens is 488 g/mol. The normalized spacial score (nSPS) is 10.9. The Morgan fingerprint density at radius 2 is 1.56 bits per heavy atom. The van der Waals surface area contributed by atoms with Crippen molar-refractivity contribution in [3.63, 3.8) is 0 Å². The van der Waals surface area contributed by atoms with E-state index in [0.29, 0.717) is 34.8 Å². The van der Waals surface area contributed by atoms with Gasteiger partial charge in [-0.05, 0) is 65.7 Å². The van der Waals surface area contributed by atoms with Crippen LogP contribution in [0.3, 0.4) is 0 Å². The van der Waals surface area contributed by atoms with Crippen molar-refractivity contribution in [2.24, 2.45) is 5.10 Å². The Bertz CT molecular complexity index is 1640. The van der Waals surface area contributed by atoms with Crippen molar-refractivity contribution in [2.75, 3.05) is 0 Å². The number of nitrogens with zero attached hydrogens (tertiary/aromatic N) is 1. The molecule has 0 fully saturated rings. The number of carbonyl (C=O) groups is 2. The van der Waals surface area contributed by atoms with Crippen molar-refractivity contribution in [3.8, 4) is 11.5 Å². The minimum absolute atomic E-state index is 0.345. The highest BCUT2D eigenvalue weighted by Gasteiger charge is 2.14. The van der Waals surface area contributed by atoms with Crippen LogP contribution in [-0.2, 0) is 6.61 Å². The highest BCUT2D eigenvalue weighted by atomic mass is 16.5. The molecule has 5 aromatic carbocycles. The lowest BCUT2D eigenvalue weighted by Gasteiger charge is -2.11. The van der Waals surface area contributed by atoms with Gasteiger partial charge < -0.3 is 9.47 Å². The fourth-order valence-corrected chi connectivity index (χ4v) is 4.09. The Kier molecular flexibility index (Phi) is 7.74. The number of ether oxygens (including phenoxy) is 2. The van der Waals surface area contributed by atoms with E-state index in [4.69, 9.17) is 9.47 Å². The number of amides is 1. The first-order valence-corrected chi connectivity index (χ1v) is 12.5. The van der Waals surface area contributed by atoms with Gasteiger partial charge in [-0.3, -0.25) is 4.79 Å². The predicted octanol–water partition coefficient (Wildman–Crippen LogP) is 6.71. The molecule has 0 bridgehead atoms. The molecule has 0 atom stereocenters. The van der Waals surface area contributed by atoms with Gasteiger partial charge in [-0.2, -0.15) is 5.10 Å². The molecule has 0 saturated heterocycles. The zero-order valence-electron chi connectivity index (χ0n) is 21.3. The van der Waals surface area contributed by atoms with Gasteiger partial charge in [0.15, 0.2) is 0 Å². The lowest BCUT2D eigenvalue weighted by molar-refractivity contribution is 0.0734. The van der Waals surface area contributed by atoms with E-state index in [-0.39, 0.29) is 5.91 Å². The Morgan fingerprint density at radius 3 is 2.36 bits per heavy atom. The van der Waals surface area contributed by atoms with Crippen LogP contribution in [0.4, 0.5) is 0 Å². The van der Waals surface area contributed by atoms with Gasteiger partial charge in [0, 0.05) is 11.1 Å². The number of aryl methyl sites for hydroxylation is 1. The third-order valence-electron chi connectivity index (χ3n) is 6.11. The molecule has 39 heavy (non-hydrogen) atoms. The van der Waals surface area contributed by atoms with Crippen LogP contribution in [0, 0.1) is 6.92 Å². The molecule has 0 aromatic heterocycles. The molecule has 0 aliphatic heterocycles. The van der Waals surface area contributed by atoms with Gasteiger partial charge in [0.2, 0.25) is 0 Å². The third-order valence-corrected chi connectivity index (χ3v) is 6.11. The van der Waals surface area contributed by atoms with Crippen LogP contribution >= 0.6 is 0 Å². The molecule has 0 unspecified atom stereocenters. The van der Waals surface area contributed by atoms with E-state index in [0.717, 1.165) is 21.9 Å². The summed E-state index contributed by atoms with van der Waals surface area (Å²) in [5.74, 6) is 0.162. The highest BCUT2D eigenvalue weighted by Crippen LogP contribution is 2.27. The first-order valence-electron chi connectivity index (χ1n) is 12.5.